The van der Waals surface area contributed by atoms with E-state index >= 15 is 0 Å². The lowest BCUT2D eigenvalue weighted by Gasteiger charge is -2.00. The van der Waals surface area contributed by atoms with Crippen LogP contribution in [0.4, 0.5) is 5.82 Å². The molecule has 0 aliphatic rings. The van der Waals surface area contributed by atoms with Crippen molar-refractivity contribution in [1.82, 2.24) is 4.98 Å². The Morgan fingerprint density at radius 2 is 2.29 bits per heavy atom. The topological polar surface area (TPSA) is 38.9 Å². The third kappa shape index (κ3) is 2.13. The van der Waals surface area contributed by atoms with E-state index in [0.29, 0.717) is 5.82 Å². The van der Waals surface area contributed by atoms with Crippen LogP contribution in [0.5, 0.6) is 0 Å². The first-order valence-electron chi connectivity index (χ1n) is 4.16. The van der Waals surface area contributed by atoms with Crippen molar-refractivity contribution in [2.45, 2.75) is 6.42 Å². The fraction of sp³-hybridized carbons (Fsp3) is 0.100. The molecule has 2 aromatic rings. The van der Waals surface area contributed by atoms with Crippen molar-refractivity contribution < 1.29 is 0 Å². The zero-order chi connectivity index (χ0) is 9.97. The summed E-state index contributed by atoms with van der Waals surface area (Å²) in [6, 6.07) is 3.89. The molecule has 0 saturated heterocycles. The van der Waals surface area contributed by atoms with Gasteiger partial charge in [-0.15, -0.1) is 0 Å². The molecule has 0 fully saturated rings. The van der Waals surface area contributed by atoms with Crippen LogP contribution in [0.3, 0.4) is 0 Å². The molecule has 0 radical (unpaired) electrons. The van der Waals surface area contributed by atoms with Crippen molar-refractivity contribution in [2.24, 2.45) is 0 Å². The first-order chi connectivity index (χ1) is 6.75. The minimum Gasteiger partial charge on any atom is -0.384 e. The van der Waals surface area contributed by atoms with E-state index in [2.05, 4.69) is 31.7 Å². The average Bonchev–Trinajstić information content (AvgIpc) is 2.52. The van der Waals surface area contributed by atoms with Crippen molar-refractivity contribution in [3.8, 4) is 0 Å². The summed E-state index contributed by atoms with van der Waals surface area (Å²) in [7, 11) is 0. The predicted molar refractivity (Wildman–Crippen MR) is 63.5 cm³/mol. The highest BCUT2D eigenvalue weighted by atomic mass is 79.9. The molecule has 2 heterocycles. The molecule has 0 saturated carbocycles. The lowest BCUT2D eigenvalue weighted by Crippen LogP contribution is -1.92. The van der Waals surface area contributed by atoms with Crippen molar-refractivity contribution in [3.63, 3.8) is 0 Å². The molecule has 0 amide bonds. The standard InChI is InChI=1S/C10H9BrN2S/c11-9-6-14-5-8(9)3-7-1-2-13-10(12)4-7/h1-2,4-6H,3H2,(H2,12,13). The van der Waals surface area contributed by atoms with Gasteiger partial charge in [0, 0.05) is 16.0 Å². The van der Waals surface area contributed by atoms with E-state index in [4.69, 9.17) is 5.73 Å². The average molecular weight is 269 g/mol. The van der Waals surface area contributed by atoms with Crippen LogP contribution in [0.2, 0.25) is 0 Å². The summed E-state index contributed by atoms with van der Waals surface area (Å²) >= 11 is 5.20. The Bertz CT molecular complexity index is 439. The van der Waals surface area contributed by atoms with E-state index in [0.717, 1.165) is 10.9 Å². The Balaban J connectivity index is 2.23. The number of rotatable bonds is 2. The first kappa shape index (κ1) is 9.68. The third-order valence-electron chi connectivity index (χ3n) is 1.93. The lowest BCUT2D eigenvalue weighted by molar-refractivity contribution is 1.17. The molecule has 2 nitrogen and oxygen atoms in total. The van der Waals surface area contributed by atoms with Crippen molar-refractivity contribution >= 4 is 33.1 Å². The smallest absolute Gasteiger partial charge is 0.123 e. The second-order valence-corrected chi connectivity index (χ2v) is 4.61. The van der Waals surface area contributed by atoms with E-state index in [9.17, 15) is 0 Å². The van der Waals surface area contributed by atoms with Crippen molar-refractivity contribution in [2.75, 3.05) is 5.73 Å². The van der Waals surface area contributed by atoms with Crippen molar-refractivity contribution in [1.29, 1.82) is 0 Å². The second-order valence-electron chi connectivity index (χ2n) is 3.01. The second kappa shape index (κ2) is 4.11. The summed E-state index contributed by atoms with van der Waals surface area (Å²) < 4.78 is 1.16. The number of thiophene rings is 1. The molecule has 0 spiro atoms. The molecule has 72 valence electrons. The molecular formula is C10H9BrN2S. The van der Waals surface area contributed by atoms with Crippen LogP contribution in [0.15, 0.2) is 33.6 Å². The highest BCUT2D eigenvalue weighted by molar-refractivity contribution is 9.10. The minimum absolute atomic E-state index is 0.578. The maximum absolute atomic E-state index is 5.61. The number of halogens is 1. The van der Waals surface area contributed by atoms with Gasteiger partial charge in [0.15, 0.2) is 0 Å². The Hall–Kier alpha value is -0.870. The highest BCUT2D eigenvalue weighted by Gasteiger charge is 2.02. The number of pyridine rings is 1. The zero-order valence-corrected chi connectivity index (χ0v) is 9.81. The van der Waals surface area contributed by atoms with E-state index < -0.39 is 0 Å². The Kier molecular flexibility index (Phi) is 2.84. The lowest BCUT2D eigenvalue weighted by atomic mass is 10.1. The van der Waals surface area contributed by atoms with Crippen LogP contribution in [-0.2, 0) is 6.42 Å². The fourth-order valence-corrected chi connectivity index (χ4v) is 2.70. The number of nitrogen functional groups attached to an aromatic ring is 1. The van der Waals surface area contributed by atoms with Gasteiger partial charge in [-0.2, -0.15) is 11.3 Å². The Morgan fingerprint density at radius 1 is 1.43 bits per heavy atom. The van der Waals surface area contributed by atoms with Gasteiger partial charge in [-0.05, 0) is 51.0 Å². The summed E-state index contributed by atoms with van der Waals surface area (Å²) in [5, 5.41) is 4.22. The molecule has 4 heteroatoms. The van der Waals surface area contributed by atoms with Crippen LogP contribution < -0.4 is 5.73 Å². The molecule has 0 atom stereocenters. The quantitative estimate of drug-likeness (QED) is 0.909. The van der Waals surface area contributed by atoms with Crippen molar-refractivity contribution in [3.05, 3.63) is 44.7 Å². The molecule has 2 aromatic heterocycles. The predicted octanol–water partition coefficient (Wildman–Crippen LogP) is 3.08. The molecule has 0 aliphatic carbocycles. The number of anilines is 1. The van der Waals surface area contributed by atoms with E-state index in [1.807, 2.05) is 12.1 Å². The van der Waals surface area contributed by atoms with Crippen LogP contribution in [0.1, 0.15) is 11.1 Å². The number of aromatic nitrogens is 1. The maximum Gasteiger partial charge on any atom is 0.123 e. The largest absolute Gasteiger partial charge is 0.384 e. The van der Waals surface area contributed by atoms with Gasteiger partial charge in [0.1, 0.15) is 5.82 Å². The maximum atomic E-state index is 5.61. The van der Waals surface area contributed by atoms with Gasteiger partial charge in [0.05, 0.1) is 0 Å². The van der Waals surface area contributed by atoms with E-state index in [1.54, 1.807) is 17.5 Å². The first-order valence-corrected chi connectivity index (χ1v) is 5.90. The van der Waals surface area contributed by atoms with Gasteiger partial charge in [0.25, 0.3) is 0 Å². The molecule has 0 unspecified atom stereocenters. The third-order valence-corrected chi connectivity index (χ3v) is 3.76. The normalized spacial score (nSPS) is 10.4. The SMILES string of the molecule is Nc1cc(Cc2cscc2Br)ccn1. The molecule has 14 heavy (non-hydrogen) atoms. The summed E-state index contributed by atoms with van der Waals surface area (Å²) in [6.45, 7) is 0. The monoisotopic (exact) mass is 268 g/mol. The van der Waals surface area contributed by atoms with Crippen LogP contribution >= 0.6 is 27.3 Å². The van der Waals surface area contributed by atoms with Gasteiger partial charge in [-0.3, -0.25) is 0 Å². The van der Waals surface area contributed by atoms with Crippen LogP contribution in [0, 0.1) is 0 Å². The van der Waals surface area contributed by atoms with Gasteiger partial charge in [-0.25, -0.2) is 4.98 Å². The molecule has 2 rings (SSSR count). The number of hydrogen-bond donors (Lipinski definition) is 1. The van der Waals surface area contributed by atoms with Crippen LogP contribution in [-0.4, -0.2) is 4.98 Å². The fourth-order valence-electron chi connectivity index (χ4n) is 1.26. The van der Waals surface area contributed by atoms with Gasteiger partial charge in [0.2, 0.25) is 0 Å². The Labute approximate surface area is 94.9 Å². The number of nitrogens with zero attached hydrogens (tertiary/aromatic N) is 1. The van der Waals surface area contributed by atoms with Gasteiger partial charge < -0.3 is 5.73 Å². The highest BCUT2D eigenvalue weighted by Crippen LogP contribution is 2.24. The van der Waals surface area contributed by atoms with E-state index in [1.165, 1.54) is 11.1 Å². The zero-order valence-electron chi connectivity index (χ0n) is 7.40. The Morgan fingerprint density at radius 3 is 2.93 bits per heavy atom. The summed E-state index contributed by atoms with van der Waals surface area (Å²) in [5.41, 5.74) is 8.09. The molecule has 0 aromatic carbocycles. The summed E-state index contributed by atoms with van der Waals surface area (Å²) in [6.07, 6.45) is 2.64. The molecule has 0 bridgehead atoms. The minimum atomic E-state index is 0.578. The number of nitrogens with two attached hydrogens (primary N) is 1. The van der Waals surface area contributed by atoms with E-state index in [-0.39, 0.29) is 0 Å². The number of hydrogen-bond acceptors (Lipinski definition) is 3. The molecule has 0 aliphatic heterocycles. The summed E-state index contributed by atoms with van der Waals surface area (Å²) in [5.74, 6) is 0.578. The molecule has 2 N–H and O–H groups in total. The van der Waals surface area contributed by atoms with Crippen LogP contribution in [0.25, 0.3) is 0 Å². The van der Waals surface area contributed by atoms with Gasteiger partial charge in [-0.1, -0.05) is 0 Å². The van der Waals surface area contributed by atoms with Gasteiger partial charge >= 0.3 is 0 Å². The summed E-state index contributed by atoms with van der Waals surface area (Å²) in [4.78, 5) is 3.96. The molecular weight excluding hydrogens is 260 g/mol.